The van der Waals surface area contributed by atoms with Gasteiger partial charge in [0, 0.05) is 17.7 Å². The molecule has 1 aromatic carbocycles. The van der Waals surface area contributed by atoms with Gasteiger partial charge in [-0.2, -0.15) is 0 Å². The van der Waals surface area contributed by atoms with Crippen molar-refractivity contribution in [3.8, 4) is 17.2 Å². The highest BCUT2D eigenvalue weighted by Gasteiger charge is 2.16. The molecular weight excluding hydrogens is 225 g/mol. The highest BCUT2D eigenvalue weighted by Crippen LogP contribution is 2.37. The fourth-order valence-corrected chi connectivity index (χ4v) is 1.62. The lowest BCUT2D eigenvalue weighted by Gasteiger charge is -2.17. The molecule has 0 fully saturated rings. The van der Waals surface area contributed by atoms with Gasteiger partial charge >= 0.3 is 0 Å². The van der Waals surface area contributed by atoms with Crippen LogP contribution in [-0.4, -0.2) is 28.0 Å². The van der Waals surface area contributed by atoms with Crippen LogP contribution in [0.15, 0.2) is 12.1 Å². The summed E-state index contributed by atoms with van der Waals surface area (Å²) >= 11 is 0. The summed E-state index contributed by atoms with van der Waals surface area (Å²) in [5, 5.41) is 0. The molecule has 1 aromatic rings. The SMILES string of the molecule is COc1cc(OC)c([C@H](N)CCF)cc1OC. The van der Waals surface area contributed by atoms with E-state index in [-0.39, 0.29) is 6.42 Å². The fourth-order valence-electron chi connectivity index (χ4n) is 1.62. The summed E-state index contributed by atoms with van der Waals surface area (Å²) < 4.78 is 27.9. The molecule has 2 N–H and O–H groups in total. The summed E-state index contributed by atoms with van der Waals surface area (Å²) in [5.41, 5.74) is 6.59. The molecule has 17 heavy (non-hydrogen) atoms. The Morgan fingerprint density at radius 2 is 1.59 bits per heavy atom. The van der Waals surface area contributed by atoms with Crippen molar-refractivity contribution in [1.82, 2.24) is 0 Å². The quantitative estimate of drug-likeness (QED) is 0.831. The van der Waals surface area contributed by atoms with E-state index in [9.17, 15) is 4.39 Å². The van der Waals surface area contributed by atoms with Crippen LogP contribution in [0, 0.1) is 0 Å². The third-order valence-electron chi connectivity index (χ3n) is 2.56. The van der Waals surface area contributed by atoms with E-state index in [4.69, 9.17) is 19.9 Å². The summed E-state index contributed by atoms with van der Waals surface area (Å²) in [6, 6.07) is 2.99. The lowest BCUT2D eigenvalue weighted by atomic mass is 10.0. The third-order valence-corrected chi connectivity index (χ3v) is 2.56. The second-order valence-corrected chi connectivity index (χ2v) is 3.53. The number of hydrogen-bond acceptors (Lipinski definition) is 4. The van der Waals surface area contributed by atoms with Gasteiger partial charge in [0.1, 0.15) is 5.75 Å². The fraction of sp³-hybridized carbons (Fsp3) is 0.500. The summed E-state index contributed by atoms with van der Waals surface area (Å²) in [6.45, 7) is -0.474. The Morgan fingerprint density at radius 3 is 2.06 bits per heavy atom. The van der Waals surface area contributed by atoms with Gasteiger partial charge in [0.25, 0.3) is 0 Å². The highest BCUT2D eigenvalue weighted by molar-refractivity contribution is 5.51. The number of ether oxygens (including phenoxy) is 3. The average Bonchev–Trinajstić information content (AvgIpc) is 2.37. The minimum atomic E-state index is -0.474. The van der Waals surface area contributed by atoms with Crippen LogP contribution in [0.1, 0.15) is 18.0 Å². The van der Waals surface area contributed by atoms with Gasteiger partial charge in [-0.15, -0.1) is 0 Å². The van der Waals surface area contributed by atoms with Gasteiger partial charge in [-0.3, -0.25) is 4.39 Å². The summed E-state index contributed by atoms with van der Waals surface area (Å²) in [4.78, 5) is 0. The average molecular weight is 243 g/mol. The largest absolute Gasteiger partial charge is 0.496 e. The topological polar surface area (TPSA) is 53.7 Å². The van der Waals surface area contributed by atoms with Gasteiger partial charge in [0.05, 0.1) is 28.0 Å². The van der Waals surface area contributed by atoms with Crippen molar-refractivity contribution < 1.29 is 18.6 Å². The first-order valence-electron chi connectivity index (χ1n) is 5.29. The molecule has 0 unspecified atom stereocenters. The van der Waals surface area contributed by atoms with Crippen LogP contribution in [-0.2, 0) is 0 Å². The lowest BCUT2D eigenvalue weighted by Crippen LogP contribution is -2.12. The number of hydrogen-bond donors (Lipinski definition) is 1. The van der Waals surface area contributed by atoms with E-state index in [0.717, 1.165) is 0 Å². The van der Waals surface area contributed by atoms with Gasteiger partial charge in [-0.25, -0.2) is 0 Å². The van der Waals surface area contributed by atoms with Gasteiger partial charge in [-0.05, 0) is 12.5 Å². The van der Waals surface area contributed by atoms with Crippen LogP contribution in [0.5, 0.6) is 17.2 Å². The Kier molecular flexibility index (Phi) is 5.03. The molecule has 0 spiro atoms. The van der Waals surface area contributed by atoms with E-state index in [2.05, 4.69) is 0 Å². The molecule has 0 aliphatic rings. The molecule has 0 saturated carbocycles. The predicted molar refractivity (Wildman–Crippen MR) is 63.6 cm³/mol. The summed E-state index contributed by atoms with van der Waals surface area (Å²) in [5.74, 6) is 1.68. The number of halogens is 1. The Labute approximate surface area is 100 Å². The maximum absolute atomic E-state index is 12.3. The second-order valence-electron chi connectivity index (χ2n) is 3.53. The van der Waals surface area contributed by atoms with Crippen LogP contribution in [0.2, 0.25) is 0 Å². The molecule has 0 saturated heterocycles. The van der Waals surface area contributed by atoms with Crippen LogP contribution in [0.4, 0.5) is 4.39 Å². The summed E-state index contributed by atoms with van der Waals surface area (Å²) in [7, 11) is 4.61. The molecule has 0 radical (unpaired) electrons. The first kappa shape index (κ1) is 13.6. The summed E-state index contributed by atoms with van der Waals surface area (Å²) in [6.07, 6.45) is 0.242. The molecule has 96 valence electrons. The van der Waals surface area contributed by atoms with E-state index in [1.165, 1.54) is 14.2 Å². The zero-order valence-corrected chi connectivity index (χ0v) is 10.3. The minimum absolute atomic E-state index is 0.242. The molecule has 0 aromatic heterocycles. The predicted octanol–water partition coefficient (Wildman–Crippen LogP) is 2.07. The molecule has 1 atom stereocenters. The number of alkyl halides is 1. The lowest BCUT2D eigenvalue weighted by molar-refractivity contribution is 0.345. The molecule has 0 amide bonds. The van der Waals surface area contributed by atoms with Gasteiger partial charge in [0.15, 0.2) is 11.5 Å². The van der Waals surface area contributed by atoms with Crippen molar-refractivity contribution in [1.29, 1.82) is 0 Å². The molecule has 0 bridgehead atoms. The van der Waals surface area contributed by atoms with Crippen LogP contribution in [0.25, 0.3) is 0 Å². The van der Waals surface area contributed by atoms with Crippen LogP contribution >= 0.6 is 0 Å². The van der Waals surface area contributed by atoms with Crippen molar-refractivity contribution in [2.45, 2.75) is 12.5 Å². The van der Waals surface area contributed by atoms with E-state index < -0.39 is 12.7 Å². The molecule has 1 rings (SSSR count). The highest BCUT2D eigenvalue weighted by atomic mass is 19.1. The van der Waals surface area contributed by atoms with Crippen molar-refractivity contribution in [3.63, 3.8) is 0 Å². The maximum Gasteiger partial charge on any atom is 0.164 e. The third kappa shape index (κ3) is 3.00. The Balaban J connectivity index is 3.18. The molecular formula is C12H18FNO3. The molecule has 0 heterocycles. The van der Waals surface area contributed by atoms with Crippen molar-refractivity contribution in [3.05, 3.63) is 17.7 Å². The molecule has 4 nitrogen and oxygen atoms in total. The van der Waals surface area contributed by atoms with Crippen LogP contribution < -0.4 is 19.9 Å². The standard InChI is InChI=1S/C12H18FNO3/c1-15-10-7-12(17-3)11(16-2)6-8(10)9(14)4-5-13/h6-7,9H,4-5,14H2,1-3H3/t9-/m1/s1. The Hall–Kier alpha value is -1.49. The van der Waals surface area contributed by atoms with Gasteiger partial charge in [-0.1, -0.05) is 0 Å². The first-order valence-corrected chi connectivity index (χ1v) is 5.29. The monoisotopic (exact) mass is 243 g/mol. The van der Waals surface area contributed by atoms with E-state index >= 15 is 0 Å². The van der Waals surface area contributed by atoms with Crippen molar-refractivity contribution in [2.24, 2.45) is 5.73 Å². The Bertz CT molecular complexity index is 371. The zero-order valence-electron chi connectivity index (χ0n) is 10.3. The zero-order chi connectivity index (χ0) is 12.8. The number of rotatable bonds is 6. The number of methoxy groups -OCH3 is 3. The molecule has 5 heteroatoms. The van der Waals surface area contributed by atoms with Crippen LogP contribution in [0.3, 0.4) is 0 Å². The van der Waals surface area contributed by atoms with Crippen molar-refractivity contribution in [2.75, 3.05) is 28.0 Å². The molecule has 0 aliphatic carbocycles. The first-order chi connectivity index (χ1) is 8.17. The second kappa shape index (κ2) is 6.30. The normalized spacial score (nSPS) is 12.1. The van der Waals surface area contributed by atoms with E-state index in [0.29, 0.717) is 22.8 Å². The Morgan fingerprint density at radius 1 is 1.06 bits per heavy atom. The van der Waals surface area contributed by atoms with Gasteiger partial charge in [0.2, 0.25) is 0 Å². The van der Waals surface area contributed by atoms with E-state index in [1.54, 1.807) is 19.2 Å². The number of nitrogens with two attached hydrogens (primary N) is 1. The smallest absolute Gasteiger partial charge is 0.164 e. The minimum Gasteiger partial charge on any atom is -0.496 e. The molecule has 0 aliphatic heterocycles. The maximum atomic E-state index is 12.3. The number of benzene rings is 1. The van der Waals surface area contributed by atoms with E-state index in [1.807, 2.05) is 0 Å². The van der Waals surface area contributed by atoms with Gasteiger partial charge < -0.3 is 19.9 Å². The van der Waals surface area contributed by atoms with Crippen molar-refractivity contribution >= 4 is 0 Å².